The molecule has 2 aromatic rings. The van der Waals surface area contributed by atoms with E-state index in [0.717, 1.165) is 25.3 Å². The zero-order valence-corrected chi connectivity index (χ0v) is 15.1. The molecule has 1 aromatic carbocycles. The number of carbonyl (C=O) groups excluding carboxylic acids is 1. The molecule has 0 radical (unpaired) electrons. The smallest absolute Gasteiger partial charge is 0.317 e. The molecule has 1 aromatic heterocycles. The predicted molar refractivity (Wildman–Crippen MR) is 95.8 cm³/mol. The van der Waals surface area contributed by atoms with Crippen LogP contribution in [0.2, 0.25) is 0 Å². The number of benzene rings is 1. The summed E-state index contributed by atoms with van der Waals surface area (Å²) >= 11 is 0. The Morgan fingerprint density at radius 2 is 2.16 bits per heavy atom. The van der Waals surface area contributed by atoms with E-state index in [0.29, 0.717) is 12.6 Å². The molecule has 0 bridgehead atoms. The quantitative estimate of drug-likeness (QED) is 0.900. The number of amides is 2. The zero-order chi connectivity index (χ0) is 17.8. The van der Waals surface area contributed by atoms with Crippen molar-refractivity contribution < 1.29 is 4.79 Å². The minimum Gasteiger partial charge on any atom is -0.334 e. The second-order valence-electron chi connectivity index (χ2n) is 6.67. The third kappa shape index (κ3) is 4.17. The average Bonchev–Trinajstić information content (AvgIpc) is 3.24. The highest BCUT2D eigenvalue weighted by Crippen LogP contribution is 2.24. The van der Waals surface area contributed by atoms with Crippen LogP contribution in [0.5, 0.6) is 0 Å². The highest BCUT2D eigenvalue weighted by atomic mass is 16.2. The first-order chi connectivity index (χ1) is 12.0. The molecule has 1 N–H and O–H groups in total. The molecular weight excluding hydrogens is 316 g/mol. The number of carbonyl (C=O) groups is 1. The van der Waals surface area contributed by atoms with Crippen LogP contribution < -0.4 is 5.32 Å². The number of hydrogen-bond donors (Lipinski definition) is 1. The van der Waals surface area contributed by atoms with E-state index in [-0.39, 0.29) is 12.1 Å². The average molecular weight is 342 g/mol. The summed E-state index contributed by atoms with van der Waals surface area (Å²) in [5.74, 6) is 0.767. The second kappa shape index (κ2) is 7.65. The molecule has 2 heterocycles. The maximum Gasteiger partial charge on any atom is 0.317 e. The summed E-state index contributed by atoms with van der Waals surface area (Å²) in [7, 11) is 3.61. The van der Waals surface area contributed by atoms with Crippen molar-refractivity contribution in [2.24, 2.45) is 7.05 Å². The third-order valence-electron chi connectivity index (χ3n) is 4.91. The van der Waals surface area contributed by atoms with E-state index in [1.807, 2.05) is 13.1 Å². The van der Waals surface area contributed by atoms with Crippen LogP contribution >= 0.6 is 0 Å². The van der Waals surface area contributed by atoms with Crippen LogP contribution in [0.4, 0.5) is 4.79 Å². The van der Waals surface area contributed by atoms with Gasteiger partial charge in [0.05, 0.1) is 6.54 Å². The largest absolute Gasteiger partial charge is 0.334 e. The van der Waals surface area contributed by atoms with Crippen LogP contribution in [0.25, 0.3) is 0 Å². The van der Waals surface area contributed by atoms with Gasteiger partial charge in [0.15, 0.2) is 0 Å². The van der Waals surface area contributed by atoms with E-state index in [4.69, 9.17) is 0 Å². The van der Waals surface area contributed by atoms with Crippen molar-refractivity contribution >= 4 is 6.03 Å². The van der Waals surface area contributed by atoms with Crippen LogP contribution in [0.1, 0.15) is 30.8 Å². The lowest BCUT2D eigenvalue weighted by atomic mass is 10.1. The van der Waals surface area contributed by atoms with Crippen molar-refractivity contribution in [2.75, 3.05) is 20.1 Å². The molecule has 1 aliphatic rings. The molecule has 0 aliphatic carbocycles. The third-order valence-corrected chi connectivity index (χ3v) is 4.91. The predicted octanol–water partition coefficient (Wildman–Crippen LogP) is 1.79. The molecule has 0 spiro atoms. The minimum absolute atomic E-state index is 0.0674. The SMILES string of the molecule is C[C@@H](c1ccccc1)N1CC[C@@H](NC(=O)N(C)Cc2ncnn2C)C1. The summed E-state index contributed by atoms with van der Waals surface area (Å²) in [5.41, 5.74) is 1.31. The highest BCUT2D eigenvalue weighted by molar-refractivity contribution is 5.74. The van der Waals surface area contributed by atoms with Crippen LogP contribution in [0.3, 0.4) is 0 Å². The van der Waals surface area contributed by atoms with E-state index in [1.54, 1.807) is 16.6 Å². The van der Waals surface area contributed by atoms with Gasteiger partial charge in [-0.05, 0) is 18.9 Å². The van der Waals surface area contributed by atoms with Crippen LogP contribution in [0, 0.1) is 0 Å². The molecule has 3 rings (SSSR count). The molecule has 7 heteroatoms. The molecule has 134 valence electrons. The summed E-state index contributed by atoms with van der Waals surface area (Å²) in [5, 5.41) is 7.17. The van der Waals surface area contributed by atoms with Gasteiger partial charge in [-0.25, -0.2) is 9.78 Å². The van der Waals surface area contributed by atoms with Gasteiger partial charge < -0.3 is 10.2 Å². The van der Waals surface area contributed by atoms with Crippen molar-refractivity contribution in [3.63, 3.8) is 0 Å². The molecule has 0 unspecified atom stereocenters. The Bertz CT molecular complexity index is 701. The lowest BCUT2D eigenvalue weighted by Crippen LogP contribution is -2.44. The number of nitrogens with zero attached hydrogens (tertiary/aromatic N) is 5. The van der Waals surface area contributed by atoms with Crippen molar-refractivity contribution in [2.45, 2.75) is 32.0 Å². The highest BCUT2D eigenvalue weighted by Gasteiger charge is 2.28. The van der Waals surface area contributed by atoms with Gasteiger partial charge in [0, 0.05) is 39.3 Å². The fourth-order valence-corrected chi connectivity index (χ4v) is 3.23. The number of likely N-dealkylation sites (tertiary alicyclic amines) is 1. The van der Waals surface area contributed by atoms with Gasteiger partial charge >= 0.3 is 6.03 Å². The zero-order valence-electron chi connectivity index (χ0n) is 15.1. The van der Waals surface area contributed by atoms with Crippen molar-refractivity contribution in [3.8, 4) is 0 Å². The van der Waals surface area contributed by atoms with E-state index in [9.17, 15) is 4.79 Å². The van der Waals surface area contributed by atoms with Crippen molar-refractivity contribution in [1.82, 2.24) is 29.9 Å². The molecule has 7 nitrogen and oxygen atoms in total. The Morgan fingerprint density at radius 3 is 2.84 bits per heavy atom. The Labute approximate surface area is 148 Å². The Morgan fingerprint density at radius 1 is 1.40 bits per heavy atom. The lowest BCUT2D eigenvalue weighted by Gasteiger charge is -2.25. The second-order valence-corrected chi connectivity index (χ2v) is 6.67. The molecule has 2 amide bonds. The van der Waals surface area contributed by atoms with Gasteiger partial charge in [-0.2, -0.15) is 5.10 Å². The Balaban J connectivity index is 1.50. The normalized spacial score (nSPS) is 18.9. The molecule has 25 heavy (non-hydrogen) atoms. The summed E-state index contributed by atoms with van der Waals surface area (Å²) in [6, 6.07) is 11.0. The van der Waals surface area contributed by atoms with Gasteiger partial charge in [0.2, 0.25) is 0 Å². The summed E-state index contributed by atoms with van der Waals surface area (Å²) in [6.07, 6.45) is 2.47. The fraction of sp³-hybridized carbons (Fsp3) is 0.500. The molecule has 1 aliphatic heterocycles. The minimum atomic E-state index is -0.0674. The molecule has 0 saturated carbocycles. The van der Waals surface area contributed by atoms with Gasteiger partial charge in [-0.15, -0.1) is 0 Å². The molecular formula is C18H26N6O. The number of nitrogens with one attached hydrogen (secondary N) is 1. The number of rotatable bonds is 5. The molecule has 1 saturated heterocycles. The summed E-state index contributed by atoms with van der Waals surface area (Å²) in [4.78, 5) is 20.6. The van der Waals surface area contributed by atoms with Gasteiger partial charge in [-0.3, -0.25) is 9.58 Å². The van der Waals surface area contributed by atoms with Gasteiger partial charge in [0.1, 0.15) is 12.2 Å². The topological polar surface area (TPSA) is 66.3 Å². The van der Waals surface area contributed by atoms with Crippen molar-refractivity contribution in [1.29, 1.82) is 0 Å². The van der Waals surface area contributed by atoms with E-state index >= 15 is 0 Å². The Hall–Kier alpha value is -2.41. The fourth-order valence-electron chi connectivity index (χ4n) is 3.23. The Kier molecular flexibility index (Phi) is 5.33. The lowest BCUT2D eigenvalue weighted by molar-refractivity contribution is 0.199. The van der Waals surface area contributed by atoms with Crippen LogP contribution in [0.15, 0.2) is 36.7 Å². The monoisotopic (exact) mass is 342 g/mol. The maximum absolute atomic E-state index is 12.4. The standard InChI is InChI=1S/C18H26N6O/c1-14(15-7-5-4-6-8-15)24-10-9-16(11-24)21-18(25)22(2)12-17-19-13-20-23(17)3/h4-8,13-14,16H,9-12H2,1-3H3,(H,21,25)/t14-,16+/m0/s1. The van der Waals surface area contributed by atoms with Crippen LogP contribution in [-0.4, -0.2) is 56.8 Å². The van der Waals surface area contributed by atoms with Crippen LogP contribution in [-0.2, 0) is 13.6 Å². The molecule has 1 fully saturated rings. The van der Waals surface area contributed by atoms with E-state index < -0.39 is 0 Å². The van der Waals surface area contributed by atoms with E-state index in [1.165, 1.54) is 11.9 Å². The number of aryl methyl sites for hydroxylation is 1. The number of hydrogen-bond acceptors (Lipinski definition) is 4. The number of aromatic nitrogens is 3. The molecule has 2 atom stereocenters. The van der Waals surface area contributed by atoms with Gasteiger partial charge in [0.25, 0.3) is 0 Å². The summed E-state index contributed by atoms with van der Waals surface area (Å²) in [6.45, 7) is 4.53. The van der Waals surface area contributed by atoms with Gasteiger partial charge in [-0.1, -0.05) is 30.3 Å². The first kappa shape index (κ1) is 17.4. The van der Waals surface area contributed by atoms with E-state index in [2.05, 4.69) is 51.5 Å². The van der Waals surface area contributed by atoms with Crippen molar-refractivity contribution in [3.05, 3.63) is 48.0 Å². The summed E-state index contributed by atoms with van der Waals surface area (Å²) < 4.78 is 1.68. The first-order valence-electron chi connectivity index (χ1n) is 8.68. The number of urea groups is 1. The maximum atomic E-state index is 12.4. The first-order valence-corrected chi connectivity index (χ1v) is 8.68.